The quantitative estimate of drug-likeness (QED) is 0.766. The monoisotopic (exact) mass is 443 g/mol. The number of carbonyl (C=O) groups excluding carboxylic acids is 2. The normalized spacial score (nSPS) is 20.0. The third-order valence-corrected chi connectivity index (χ3v) is 7.54. The van der Waals surface area contributed by atoms with Crippen LogP contribution in [0.1, 0.15) is 29.6 Å². The Kier molecular flexibility index (Phi) is 5.86. The number of hydrogen-bond acceptors (Lipinski definition) is 5. The van der Waals surface area contributed by atoms with E-state index in [0.717, 1.165) is 6.42 Å². The summed E-state index contributed by atoms with van der Waals surface area (Å²) >= 11 is 0. The van der Waals surface area contributed by atoms with Crippen molar-refractivity contribution in [2.45, 2.75) is 25.3 Å². The summed E-state index contributed by atoms with van der Waals surface area (Å²) in [5.74, 6) is 0.381. The number of ether oxygens (including phenoxy) is 1. The van der Waals surface area contributed by atoms with E-state index in [0.29, 0.717) is 48.6 Å². The van der Waals surface area contributed by atoms with Crippen molar-refractivity contribution in [3.63, 3.8) is 0 Å². The largest absolute Gasteiger partial charge is 0.497 e. The van der Waals surface area contributed by atoms with E-state index in [4.69, 9.17) is 4.74 Å². The lowest BCUT2D eigenvalue weighted by molar-refractivity contribution is -0.119. The second kappa shape index (κ2) is 8.58. The molecule has 4 rings (SSSR count). The molecule has 9 heteroatoms. The Morgan fingerprint density at radius 2 is 1.71 bits per heavy atom. The van der Waals surface area contributed by atoms with Gasteiger partial charge in [0.05, 0.1) is 18.6 Å². The van der Waals surface area contributed by atoms with Crippen molar-refractivity contribution in [1.29, 1.82) is 0 Å². The lowest BCUT2D eigenvalue weighted by Crippen LogP contribution is -2.43. The van der Waals surface area contributed by atoms with E-state index < -0.39 is 16.1 Å². The highest BCUT2D eigenvalue weighted by Crippen LogP contribution is 2.26. The van der Waals surface area contributed by atoms with Gasteiger partial charge in [0.1, 0.15) is 11.8 Å². The van der Waals surface area contributed by atoms with Crippen LogP contribution < -0.4 is 14.4 Å². The smallest absolute Gasteiger partial charge is 0.254 e. The average Bonchev–Trinajstić information content (AvgIpc) is 3.40. The number of rotatable bonds is 5. The van der Waals surface area contributed by atoms with Crippen LogP contribution >= 0.6 is 0 Å². The fraction of sp³-hybridized carbons (Fsp3) is 0.364. The maximum atomic E-state index is 13.1. The van der Waals surface area contributed by atoms with Gasteiger partial charge in [-0.15, -0.1) is 0 Å². The summed E-state index contributed by atoms with van der Waals surface area (Å²) in [5.41, 5.74) is 1.63. The summed E-state index contributed by atoms with van der Waals surface area (Å²) in [6.45, 7) is 0.956. The zero-order valence-electron chi connectivity index (χ0n) is 17.3. The summed E-state index contributed by atoms with van der Waals surface area (Å²) in [4.78, 5) is 27.4. The average molecular weight is 444 g/mol. The van der Waals surface area contributed by atoms with Gasteiger partial charge in [0.25, 0.3) is 5.91 Å². The van der Waals surface area contributed by atoms with Crippen molar-refractivity contribution >= 4 is 33.2 Å². The summed E-state index contributed by atoms with van der Waals surface area (Å²) in [6.07, 6.45) is 1.94. The molecule has 0 bridgehead atoms. The number of likely N-dealkylation sites (tertiary alicyclic amines) is 1. The molecule has 0 spiro atoms. The predicted octanol–water partition coefficient (Wildman–Crippen LogP) is 2.48. The number of amides is 2. The Morgan fingerprint density at radius 1 is 1.00 bits per heavy atom. The van der Waals surface area contributed by atoms with Gasteiger partial charge in [-0.1, -0.05) is 0 Å². The predicted molar refractivity (Wildman–Crippen MR) is 118 cm³/mol. The summed E-state index contributed by atoms with van der Waals surface area (Å²) in [6, 6.07) is 13.0. The van der Waals surface area contributed by atoms with E-state index in [1.165, 1.54) is 4.31 Å². The van der Waals surface area contributed by atoms with E-state index in [9.17, 15) is 18.0 Å². The molecule has 164 valence electrons. The molecule has 8 nitrogen and oxygen atoms in total. The SMILES string of the molecule is COc1ccc(NC(=O)C2CCCN2C(=O)c2ccc(N3CCCS3(=O)=O)cc2)cc1. The van der Waals surface area contributed by atoms with Gasteiger partial charge in [-0.3, -0.25) is 13.9 Å². The van der Waals surface area contributed by atoms with E-state index >= 15 is 0 Å². The van der Waals surface area contributed by atoms with Crippen LogP contribution in [0.4, 0.5) is 11.4 Å². The first-order chi connectivity index (χ1) is 14.9. The first kappa shape index (κ1) is 21.2. The van der Waals surface area contributed by atoms with Gasteiger partial charge in [0.2, 0.25) is 15.9 Å². The van der Waals surface area contributed by atoms with E-state index in [1.54, 1.807) is 60.5 Å². The van der Waals surface area contributed by atoms with Crippen molar-refractivity contribution in [1.82, 2.24) is 4.90 Å². The lowest BCUT2D eigenvalue weighted by Gasteiger charge is -2.24. The van der Waals surface area contributed by atoms with Gasteiger partial charge in [-0.2, -0.15) is 0 Å². The maximum Gasteiger partial charge on any atom is 0.254 e. The summed E-state index contributed by atoms with van der Waals surface area (Å²) in [7, 11) is -1.69. The van der Waals surface area contributed by atoms with Crippen LogP contribution in [0.5, 0.6) is 5.75 Å². The molecule has 31 heavy (non-hydrogen) atoms. The number of anilines is 2. The molecular formula is C22H25N3O5S. The molecule has 0 saturated carbocycles. The number of nitrogens with zero attached hydrogens (tertiary/aromatic N) is 2. The Bertz CT molecular complexity index is 1070. The van der Waals surface area contributed by atoms with E-state index in [-0.39, 0.29) is 17.6 Å². The molecule has 2 heterocycles. The van der Waals surface area contributed by atoms with Crippen LogP contribution in [-0.2, 0) is 14.8 Å². The number of methoxy groups -OCH3 is 1. The van der Waals surface area contributed by atoms with Crippen molar-refractivity contribution in [2.24, 2.45) is 0 Å². The Labute approximate surface area is 181 Å². The molecule has 0 aromatic heterocycles. The number of hydrogen-bond donors (Lipinski definition) is 1. The van der Waals surface area contributed by atoms with E-state index in [1.807, 2.05) is 0 Å². The zero-order valence-corrected chi connectivity index (χ0v) is 18.1. The molecular weight excluding hydrogens is 418 g/mol. The third-order valence-electron chi connectivity index (χ3n) is 5.68. The summed E-state index contributed by atoms with van der Waals surface area (Å²) < 4.78 is 30.7. The summed E-state index contributed by atoms with van der Waals surface area (Å²) in [5, 5.41) is 2.86. The minimum absolute atomic E-state index is 0.145. The lowest BCUT2D eigenvalue weighted by atomic mass is 10.1. The van der Waals surface area contributed by atoms with E-state index in [2.05, 4.69) is 5.32 Å². The number of carbonyl (C=O) groups is 2. The highest BCUT2D eigenvalue weighted by atomic mass is 32.2. The Morgan fingerprint density at radius 3 is 2.32 bits per heavy atom. The molecule has 0 aliphatic carbocycles. The fourth-order valence-electron chi connectivity index (χ4n) is 4.05. The molecule has 2 aromatic rings. The van der Waals surface area contributed by atoms with Crippen LogP contribution in [0.3, 0.4) is 0 Å². The standard InChI is InChI=1S/C22H25N3O5S/c1-30-19-11-7-17(8-12-19)23-21(26)20-4-2-13-24(20)22(27)16-5-9-18(10-6-16)25-14-3-15-31(25,28)29/h5-12,20H,2-4,13-15H2,1H3,(H,23,26). The molecule has 1 N–H and O–H groups in total. The molecule has 2 aromatic carbocycles. The van der Waals surface area contributed by atoms with Crippen LogP contribution in [0.2, 0.25) is 0 Å². The highest BCUT2D eigenvalue weighted by Gasteiger charge is 2.35. The molecule has 1 unspecified atom stereocenters. The molecule has 2 fully saturated rings. The third kappa shape index (κ3) is 4.36. The van der Waals surface area contributed by atoms with Crippen molar-refractivity contribution in [3.8, 4) is 5.75 Å². The minimum atomic E-state index is -3.27. The molecule has 1 atom stereocenters. The number of sulfonamides is 1. The topological polar surface area (TPSA) is 96.0 Å². The Hall–Kier alpha value is -3.07. The molecule has 2 aliphatic rings. The highest BCUT2D eigenvalue weighted by molar-refractivity contribution is 7.93. The van der Waals surface area contributed by atoms with Crippen molar-refractivity contribution < 1.29 is 22.7 Å². The molecule has 2 amide bonds. The maximum absolute atomic E-state index is 13.1. The second-order valence-corrected chi connectivity index (χ2v) is 9.68. The number of benzene rings is 2. The van der Waals surface area contributed by atoms with Crippen LogP contribution in [0, 0.1) is 0 Å². The van der Waals surface area contributed by atoms with Gasteiger partial charge >= 0.3 is 0 Å². The van der Waals surface area contributed by atoms with Crippen LogP contribution in [0.25, 0.3) is 0 Å². The van der Waals surface area contributed by atoms with Crippen molar-refractivity contribution in [2.75, 3.05) is 35.6 Å². The van der Waals surface area contributed by atoms with Gasteiger partial charge in [0, 0.05) is 24.3 Å². The van der Waals surface area contributed by atoms with Crippen LogP contribution in [0.15, 0.2) is 48.5 Å². The second-order valence-electron chi connectivity index (χ2n) is 7.66. The van der Waals surface area contributed by atoms with Crippen molar-refractivity contribution in [3.05, 3.63) is 54.1 Å². The van der Waals surface area contributed by atoms with Crippen LogP contribution in [-0.4, -0.2) is 57.1 Å². The van der Waals surface area contributed by atoms with Gasteiger partial charge in [-0.25, -0.2) is 8.42 Å². The Balaban J connectivity index is 1.45. The molecule has 2 aliphatic heterocycles. The van der Waals surface area contributed by atoms with Gasteiger partial charge in [0.15, 0.2) is 0 Å². The fourth-order valence-corrected chi connectivity index (χ4v) is 5.61. The number of nitrogens with one attached hydrogen (secondary N) is 1. The first-order valence-electron chi connectivity index (χ1n) is 10.3. The molecule has 2 saturated heterocycles. The van der Waals surface area contributed by atoms with Gasteiger partial charge in [-0.05, 0) is 67.8 Å². The first-order valence-corrected chi connectivity index (χ1v) is 11.9. The zero-order chi connectivity index (χ0) is 22.0. The van der Waals surface area contributed by atoms with Gasteiger partial charge < -0.3 is 15.0 Å². The minimum Gasteiger partial charge on any atom is -0.497 e. The molecule has 0 radical (unpaired) electrons.